The van der Waals surface area contributed by atoms with E-state index >= 15 is 0 Å². The van der Waals surface area contributed by atoms with Gasteiger partial charge in [-0.25, -0.2) is 0 Å². The average molecular weight is 210 g/mol. The summed E-state index contributed by atoms with van der Waals surface area (Å²) in [7, 11) is 0. The van der Waals surface area contributed by atoms with E-state index in [1.807, 2.05) is 42.5 Å². The first kappa shape index (κ1) is 10.3. The van der Waals surface area contributed by atoms with Crippen LogP contribution in [-0.2, 0) is 9.53 Å². The molecule has 1 unspecified atom stereocenters. The van der Waals surface area contributed by atoms with Gasteiger partial charge in [-0.1, -0.05) is 42.3 Å². The molecule has 0 heterocycles. The zero-order valence-electron chi connectivity index (χ0n) is 8.59. The summed E-state index contributed by atoms with van der Waals surface area (Å²) in [6.45, 7) is 0.375. The van der Waals surface area contributed by atoms with Crippen molar-refractivity contribution in [2.75, 3.05) is 0 Å². The van der Waals surface area contributed by atoms with Crippen molar-refractivity contribution < 1.29 is 9.53 Å². The standard InChI is InChI=1S/C14H10O2/c1-2-14(16-10-15)13-8-7-11-5-3-4-6-12(11)9-13/h1,3-10,14H. The van der Waals surface area contributed by atoms with Crippen molar-refractivity contribution in [3.8, 4) is 12.3 Å². The molecule has 0 aliphatic heterocycles. The third kappa shape index (κ3) is 1.89. The summed E-state index contributed by atoms with van der Waals surface area (Å²) in [4.78, 5) is 10.3. The highest BCUT2D eigenvalue weighted by atomic mass is 16.5. The van der Waals surface area contributed by atoms with Gasteiger partial charge in [0, 0.05) is 5.56 Å². The molecular weight excluding hydrogens is 200 g/mol. The Balaban J connectivity index is 2.46. The second kappa shape index (κ2) is 4.50. The van der Waals surface area contributed by atoms with Crippen molar-refractivity contribution in [3.05, 3.63) is 48.0 Å². The summed E-state index contributed by atoms with van der Waals surface area (Å²) in [6.07, 6.45) is 4.69. The van der Waals surface area contributed by atoms with Crippen LogP contribution in [0.5, 0.6) is 0 Å². The van der Waals surface area contributed by atoms with Crippen molar-refractivity contribution in [2.24, 2.45) is 0 Å². The highest BCUT2D eigenvalue weighted by Gasteiger charge is 2.08. The Kier molecular flexibility index (Phi) is 2.88. The van der Waals surface area contributed by atoms with E-state index in [0.717, 1.165) is 16.3 Å². The first-order valence-electron chi connectivity index (χ1n) is 4.89. The van der Waals surface area contributed by atoms with Crippen molar-refractivity contribution in [2.45, 2.75) is 6.10 Å². The summed E-state index contributed by atoms with van der Waals surface area (Å²) in [5, 5.41) is 2.21. The van der Waals surface area contributed by atoms with Crippen LogP contribution in [0.2, 0.25) is 0 Å². The highest BCUT2D eigenvalue weighted by Crippen LogP contribution is 2.21. The Morgan fingerprint density at radius 2 is 1.94 bits per heavy atom. The Labute approximate surface area is 93.8 Å². The smallest absolute Gasteiger partial charge is 0.294 e. The summed E-state index contributed by atoms with van der Waals surface area (Å²) in [6, 6.07) is 13.7. The second-order valence-corrected chi connectivity index (χ2v) is 3.39. The molecule has 0 aliphatic carbocycles. The van der Waals surface area contributed by atoms with Gasteiger partial charge < -0.3 is 4.74 Å². The molecule has 0 N–H and O–H groups in total. The molecule has 0 saturated carbocycles. The van der Waals surface area contributed by atoms with Gasteiger partial charge in [0.15, 0.2) is 6.10 Å². The maximum Gasteiger partial charge on any atom is 0.294 e. The molecular formula is C14H10O2. The average Bonchev–Trinajstić information content (AvgIpc) is 2.35. The molecule has 16 heavy (non-hydrogen) atoms. The van der Waals surface area contributed by atoms with Crippen LogP contribution in [0.3, 0.4) is 0 Å². The molecule has 78 valence electrons. The molecule has 2 rings (SSSR count). The van der Waals surface area contributed by atoms with Gasteiger partial charge in [-0.15, -0.1) is 6.42 Å². The van der Waals surface area contributed by atoms with Crippen LogP contribution >= 0.6 is 0 Å². The summed E-state index contributed by atoms with van der Waals surface area (Å²) in [5.74, 6) is 2.43. The Morgan fingerprint density at radius 1 is 1.19 bits per heavy atom. The number of hydrogen-bond acceptors (Lipinski definition) is 2. The van der Waals surface area contributed by atoms with E-state index in [1.165, 1.54) is 0 Å². The molecule has 0 aliphatic rings. The van der Waals surface area contributed by atoms with E-state index in [4.69, 9.17) is 11.2 Å². The minimum atomic E-state index is -0.609. The van der Waals surface area contributed by atoms with Crippen molar-refractivity contribution >= 4 is 17.2 Å². The number of rotatable bonds is 3. The predicted molar refractivity (Wildman–Crippen MR) is 62.7 cm³/mol. The highest BCUT2D eigenvalue weighted by molar-refractivity contribution is 5.83. The summed E-state index contributed by atoms with van der Waals surface area (Å²) >= 11 is 0. The molecule has 0 amide bonds. The number of terminal acetylenes is 1. The zero-order chi connectivity index (χ0) is 11.4. The second-order valence-electron chi connectivity index (χ2n) is 3.39. The number of hydrogen-bond donors (Lipinski definition) is 0. The molecule has 2 heteroatoms. The van der Waals surface area contributed by atoms with Gasteiger partial charge in [-0.2, -0.15) is 0 Å². The lowest BCUT2D eigenvalue weighted by atomic mass is 10.0. The molecule has 0 radical (unpaired) electrons. The molecule has 2 nitrogen and oxygen atoms in total. The van der Waals surface area contributed by atoms with Gasteiger partial charge in [0.1, 0.15) is 0 Å². The number of fused-ring (bicyclic) bond motifs is 1. The van der Waals surface area contributed by atoms with E-state index in [9.17, 15) is 4.79 Å². The van der Waals surface area contributed by atoms with E-state index in [-0.39, 0.29) is 0 Å². The minimum absolute atomic E-state index is 0.375. The van der Waals surface area contributed by atoms with Gasteiger partial charge in [-0.05, 0) is 16.8 Å². The fourth-order valence-corrected chi connectivity index (χ4v) is 1.64. The predicted octanol–water partition coefficient (Wildman–Crippen LogP) is 2.69. The van der Waals surface area contributed by atoms with Crippen LogP contribution in [0.25, 0.3) is 10.8 Å². The van der Waals surface area contributed by atoms with Crippen LogP contribution in [-0.4, -0.2) is 6.47 Å². The zero-order valence-corrected chi connectivity index (χ0v) is 8.59. The molecule has 0 fully saturated rings. The lowest BCUT2D eigenvalue weighted by Crippen LogP contribution is -1.99. The van der Waals surface area contributed by atoms with Gasteiger partial charge >= 0.3 is 0 Å². The van der Waals surface area contributed by atoms with Gasteiger partial charge in [0.25, 0.3) is 6.47 Å². The number of ether oxygens (including phenoxy) is 1. The van der Waals surface area contributed by atoms with Crippen LogP contribution in [0, 0.1) is 12.3 Å². The van der Waals surface area contributed by atoms with Gasteiger partial charge in [-0.3, -0.25) is 4.79 Å². The number of carbonyl (C=O) groups is 1. The van der Waals surface area contributed by atoms with Crippen LogP contribution in [0.15, 0.2) is 42.5 Å². The third-order valence-electron chi connectivity index (χ3n) is 2.42. The normalized spacial score (nSPS) is 11.7. The summed E-state index contributed by atoms with van der Waals surface area (Å²) in [5.41, 5.74) is 0.813. The van der Waals surface area contributed by atoms with Crippen LogP contribution in [0.1, 0.15) is 11.7 Å². The largest absolute Gasteiger partial charge is 0.446 e. The Bertz CT molecular complexity index is 552. The molecule has 0 aromatic heterocycles. The maximum absolute atomic E-state index is 10.3. The van der Waals surface area contributed by atoms with Crippen molar-refractivity contribution in [1.29, 1.82) is 0 Å². The third-order valence-corrected chi connectivity index (χ3v) is 2.42. The molecule has 1 atom stereocenters. The number of benzene rings is 2. The van der Waals surface area contributed by atoms with E-state index in [0.29, 0.717) is 6.47 Å². The quantitative estimate of drug-likeness (QED) is 0.575. The topological polar surface area (TPSA) is 26.3 Å². The van der Waals surface area contributed by atoms with E-state index in [2.05, 4.69) is 5.92 Å². The Morgan fingerprint density at radius 3 is 2.62 bits per heavy atom. The first-order chi connectivity index (χ1) is 7.85. The lowest BCUT2D eigenvalue weighted by Gasteiger charge is -2.09. The molecule has 0 spiro atoms. The minimum Gasteiger partial charge on any atom is -0.446 e. The van der Waals surface area contributed by atoms with Crippen LogP contribution in [0.4, 0.5) is 0 Å². The maximum atomic E-state index is 10.3. The monoisotopic (exact) mass is 210 g/mol. The number of carbonyl (C=O) groups excluding carboxylic acids is 1. The van der Waals surface area contributed by atoms with Gasteiger partial charge in [0.05, 0.1) is 0 Å². The fourth-order valence-electron chi connectivity index (χ4n) is 1.64. The van der Waals surface area contributed by atoms with E-state index in [1.54, 1.807) is 0 Å². The Hall–Kier alpha value is -2.27. The fraction of sp³-hybridized carbons (Fsp3) is 0.0714. The lowest BCUT2D eigenvalue weighted by molar-refractivity contribution is -0.131. The van der Waals surface area contributed by atoms with E-state index < -0.39 is 6.10 Å². The summed E-state index contributed by atoms with van der Waals surface area (Å²) < 4.78 is 4.81. The molecule has 2 aromatic carbocycles. The van der Waals surface area contributed by atoms with Crippen LogP contribution < -0.4 is 0 Å². The van der Waals surface area contributed by atoms with Gasteiger partial charge in [0.2, 0.25) is 0 Å². The van der Waals surface area contributed by atoms with Crippen molar-refractivity contribution in [1.82, 2.24) is 0 Å². The first-order valence-corrected chi connectivity index (χ1v) is 4.89. The molecule has 2 aromatic rings. The van der Waals surface area contributed by atoms with Crippen molar-refractivity contribution in [3.63, 3.8) is 0 Å². The molecule has 0 bridgehead atoms. The SMILES string of the molecule is C#CC(OC=O)c1ccc2ccccc2c1. The molecule has 0 saturated heterocycles.